The summed E-state index contributed by atoms with van der Waals surface area (Å²) in [5.74, 6) is 1.78. The lowest BCUT2D eigenvalue weighted by atomic mass is 9.95. The minimum Gasteiger partial charge on any atom is -0.370 e. The van der Waals surface area contributed by atoms with E-state index >= 15 is 0 Å². The number of rotatable bonds is 7. The molecule has 1 amide bonds. The summed E-state index contributed by atoms with van der Waals surface area (Å²) in [7, 11) is 0. The monoisotopic (exact) mass is 372 g/mol. The van der Waals surface area contributed by atoms with Crippen LogP contribution in [-0.4, -0.2) is 54.3 Å². The highest BCUT2D eigenvalue weighted by Gasteiger charge is 2.25. The van der Waals surface area contributed by atoms with Crippen LogP contribution in [0.15, 0.2) is 12.1 Å². The van der Waals surface area contributed by atoms with Gasteiger partial charge < -0.3 is 10.6 Å². The van der Waals surface area contributed by atoms with Crippen LogP contribution in [0.1, 0.15) is 56.7 Å². The van der Waals surface area contributed by atoms with Crippen LogP contribution < -0.4 is 10.6 Å². The summed E-state index contributed by atoms with van der Waals surface area (Å²) in [6.45, 7) is 7.64. The molecule has 3 heterocycles. The van der Waals surface area contributed by atoms with E-state index in [0.29, 0.717) is 19.0 Å². The molecule has 0 spiro atoms. The van der Waals surface area contributed by atoms with Crippen molar-refractivity contribution in [3.63, 3.8) is 0 Å². The van der Waals surface area contributed by atoms with Crippen molar-refractivity contribution in [1.29, 1.82) is 0 Å². The van der Waals surface area contributed by atoms with Crippen LogP contribution in [0.25, 0.3) is 0 Å². The van der Waals surface area contributed by atoms with Gasteiger partial charge in [0.05, 0.1) is 6.54 Å². The maximum atomic E-state index is 12.4. The Labute approximate surface area is 162 Å². The average molecular weight is 373 g/mol. The number of ketones is 1. The number of pyridine rings is 1. The van der Waals surface area contributed by atoms with Crippen molar-refractivity contribution in [2.24, 2.45) is 5.92 Å². The van der Waals surface area contributed by atoms with E-state index in [1.165, 1.54) is 12.0 Å². The molecule has 1 atom stereocenters. The average Bonchev–Trinajstić information content (AvgIpc) is 2.67. The Morgan fingerprint density at radius 1 is 1.33 bits per heavy atom. The first-order valence-corrected chi connectivity index (χ1v) is 10.3. The fourth-order valence-corrected chi connectivity index (χ4v) is 3.99. The molecule has 2 aliphatic heterocycles. The van der Waals surface area contributed by atoms with Gasteiger partial charge in [-0.15, -0.1) is 0 Å². The second kappa shape index (κ2) is 9.31. The number of nitrogens with one attached hydrogen (secondary N) is 2. The number of piperidine rings is 1. The third-order valence-corrected chi connectivity index (χ3v) is 5.70. The lowest BCUT2D eigenvalue weighted by molar-refractivity contribution is -0.126. The number of likely N-dealkylation sites (tertiary alicyclic amines) is 1. The van der Waals surface area contributed by atoms with Crippen molar-refractivity contribution in [2.75, 3.05) is 38.0 Å². The number of hydrogen-bond donors (Lipinski definition) is 2. The molecule has 0 saturated carbocycles. The van der Waals surface area contributed by atoms with E-state index in [0.717, 1.165) is 56.8 Å². The molecule has 27 heavy (non-hydrogen) atoms. The highest BCUT2D eigenvalue weighted by Crippen LogP contribution is 2.24. The van der Waals surface area contributed by atoms with Gasteiger partial charge >= 0.3 is 0 Å². The van der Waals surface area contributed by atoms with Crippen molar-refractivity contribution < 1.29 is 9.59 Å². The number of Topliss-reactive ketones (excluding diaryl/α,β-unsaturated/α-hetero) is 1. The first kappa shape index (κ1) is 19.8. The summed E-state index contributed by atoms with van der Waals surface area (Å²) >= 11 is 0. The molecular weight excluding hydrogens is 340 g/mol. The van der Waals surface area contributed by atoms with E-state index < -0.39 is 0 Å². The van der Waals surface area contributed by atoms with Crippen LogP contribution in [-0.2, 0) is 16.0 Å². The maximum Gasteiger partial charge on any atom is 0.223 e. The lowest BCUT2D eigenvalue weighted by Crippen LogP contribution is -2.42. The summed E-state index contributed by atoms with van der Waals surface area (Å²) in [4.78, 5) is 30.5. The minimum absolute atomic E-state index is 0.0783. The molecule has 1 saturated heterocycles. The van der Waals surface area contributed by atoms with Gasteiger partial charge in [0.1, 0.15) is 11.6 Å². The maximum absolute atomic E-state index is 12.4. The van der Waals surface area contributed by atoms with Gasteiger partial charge in [-0.3, -0.25) is 14.5 Å². The Kier molecular flexibility index (Phi) is 6.83. The number of aryl methyl sites for hydroxylation is 1. The van der Waals surface area contributed by atoms with Crippen molar-refractivity contribution in [3.05, 3.63) is 23.4 Å². The van der Waals surface area contributed by atoms with Gasteiger partial charge in [0.2, 0.25) is 5.91 Å². The SMILES string of the molecule is CC(=O)CN1CCC(C(=O)NCCC(C)c2ccc3c(n2)NCCC3)CC1. The van der Waals surface area contributed by atoms with Crippen molar-refractivity contribution in [3.8, 4) is 0 Å². The Bertz CT molecular complexity index is 668. The van der Waals surface area contributed by atoms with E-state index in [2.05, 4.69) is 34.6 Å². The van der Waals surface area contributed by atoms with E-state index in [4.69, 9.17) is 4.98 Å². The van der Waals surface area contributed by atoms with Gasteiger partial charge in [-0.2, -0.15) is 0 Å². The molecule has 0 radical (unpaired) electrons. The third-order valence-electron chi connectivity index (χ3n) is 5.70. The summed E-state index contributed by atoms with van der Waals surface area (Å²) in [6, 6.07) is 4.32. The first-order chi connectivity index (χ1) is 13.0. The standard InChI is InChI=1S/C21H32N4O2/c1-15(19-6-5-17-4-3-10-22-20(17)24-19)7-11-23-21(27)18-8-12-25(13-9-18)14-16(2)26/h5-6,15,18H,3-4,7-14H2,1-2H3,(H,22,24)(H,23,27). The number of anilines is 1. The number of amides is 1. The molecule has 2 N–H and O–H groups in total. The fourth-order valence-electron chi connectivity index (χ4n) is 3.99. The molecular formula is C21H32N4O2. The van der Waals surface area contributed by atoms with Gasteiger partial charge in [-0.25, -0.2) is 4.98 Å². The number of aromatic nitrogens is 1. The Morgan fingerprint density at radius 2 is 2.11 bits per heavy atom. The van der Waals surface area contributed by atoms with Crippen molar-refractivity contribution in [1.82, 2.24) is 15.2 Å². The zero-order valence-electron chi connectivity index (χ0n) is 16.6. The third kappa shape index (κ3) is 5.51. The quantitative estimate of drug-likeness (QED) is 0.769. The highest BCUT2D eigenvalue weighted by molar-refractivity contribution is 5.79. The molecule has 0 bridgehead atoms. The second-order valence-electron chi connectivity index (χ2n) is 8.01. The van der Waals surface area contributed by atoms with Crippen LogP contribution >= 0.6 is 0 Å². The fraction of sp³-hybridized carbons (Fsp3) is 0.667. The first-order valence-electron chi connectivity index (χ1n) is 10.3. The van der Waals surface area contributed by atoms with Gasteiger partial charge in [0.15, 0.2) is 0 Å². The van der Waals surface area contributed by atoms with Gasteiger partial charge in [0, 0.05) is 30.6 Å². The molecule has 0 aliphatic carbocycles. The topological polar surface area (TPSA) is 74.3 Å². The molecule has 1 aromatic heterocycles. The van der Waals surface area contributed by atoms with E-state index in [1.54, 1.807) is 6.92 Å². The van der Waals surface area contributed by atoms with E-state index in [9.17, 15) is 9.59 Å². The van der Waals surface area contributed by atoms with Crippen LogP contribution in [0.5, 0.6) is 0 Å². The molecule has 1 aromatic rings. The Balaban J connectivity index is 1.40. The van der Waals surface area contributed by atoms with Gasteiger partial charge in [-0.1, -0.05) is 13.0 Å². The molecule has 6 nitrogen and oxygen atoms in total. The van der Waals surface area contributed by atoms with Crippen molar-refractivity contribution in [2.45, 2.75) is 51.9 Å². The summed E-state index contributed by atoms with van der Waals surface area (Å²) in [5, 5.41) is 6.49. The predicted octanol–water partition coefficient (Wildman–Crippen LogP) is 2.35. The van der Waals surface area contributed by atoms with Crippen LogP contribution in [0.3, 0.4) is 0 Å². The molecule has 1 unspecified atom stereocenters. The largest absolute Gasteiger partial charge is 0.370 e. The Morgan fingerprint density at radius 3 is 2.85 bits per heavy atom. The lowest BCUT2D eigenvalue weighted by Gasteiger charge is -2.30. The van der Waals surface area contributed by atoms with E-state index in [-0.39, 0.29) is 17.6 Å². The van der Waals surface area contributed by atoms with Crippen LogP contribution in [0.2, 0.25) is 0 Å². The Hall–Kier alpha value is -1.95. The number of carbonyl (C=O) groups excluding carboxylic acids is 2. The minimum atomic E-state index is 0.0783. The summed E-state index contributed by atoms with van der Waals surface area (Å²) < 4.78 is 0. The predicted molar refractivity (Wildman–Crippen MR) is 107 cm³/mol. The molecule has 6 heteroatoms. The summed E-state index contributed by atoms with van der Waals surface area (Å²) in [5.41, 5.74) is 2.40. The number of carbonyl (C=O) groups is 2. The number of fused-ring (bicyclic) bond motifs is 1. The van der Waals surface area contributed by atoms with Crippen molar-refractivity contribution >= 4 is 17.5 Å². The number of nitrogens with zero attached hydrogens (tertiary/aromatic N) is 2. The van der Waals surface area contributed by atoms with E-state index in [1.807, 2.05) is 0 Å². The van der Waals surface area contributed by atoms with Gasteiger partial charge in [-0.05, 0) is 63.7 Å². The molecule has 1 fully saturated rings. The number of hydrogen-bond acceptors (Lipinski definition) is 5. The normalized spacial score (nSPS) is 19.0. The highest BCUT2D eigenvalue weighted by atomic mass is 16.2. The zero-order valence-corrected chi connectivity index (χ0v) is 16.6. The summed E-state index contributed by atoms with van der Waals surface area (Å²) in [6.07, 6.45) is 4.84. The van der Waals surface area contributed by atoms with Crippen LogP contribution in [0, 0.1) is 5.92 Å². The zero-order chi connectivity index (χ0) is 19.2. The molecule has 0 aromatic carbocycles. The smallest absolute Gasteiger partial charge is 0.223 e. The molecule has 148 valence electrons. The van der Waals surface area contributed by atoms with Gasteiger partial charge in [0.25, 0.3) is 0 Å². The molecule has 3 rings (SSSR count). The molecule has 2 aliphatic rings. The van der Waals surface area contributed by atoms with Crippen LogP contribution in [0.4, 0.5) is 5.82 Å². The second-order valence-corrected chi connectivity index (χ2v) is 8.01.